The first-order chi connectivity index (χ1) is 19.0. The molecule has 0 aliphatic heterocycles. The molecule has 15 heteroatoms. The molecule has 7 nitrogen and oxygen atoms in total. The second-order valence-corrected chi connectivity index (χ2v) is 10.9. The van der Waals surface area contributed by atoms with Crippen molar-refractivity contribution in [3.05, 3.63) is 83.7 Å². The molecule has 2 aromatic carbocycles. The normalized spacial score (nSPS) is 14.5. The minimum absolute atomic E-state index is 0.00732. The first-order valence-corrected chi connectivity index (χ1v) is 13.2. The minimum atomic E-state index is -4.25. The average molecular weight is 602 g/mol. The van der Waals surface area contributed by atoms with Crippen molar-refractivity contribution in [2.75, 3.05) is 6.61 Å². The number of nitrogens with zero attached hydrogens (tertiary/aromatic N) is 5. The van der Waals surface area contributed by atoms with Crippen LogP contribution < -0.4 is 4.74 Å². The lowest BCUT2D eigenvalue weighted by atomic mass is 9.90. The summed E-state index contributed by atoms with van der Waals surface area (Å²) in [6, 6.07) is 8.76. The molecule has 0 aliphatic carbocycles. The molecular formula is C25H21F6N5O2S2. The molecule has 4 rings (SSSR count). The fourth-order valence-electron chi connectivity index (χ4n) is 3.51. The highest BCUT2D eigenvalue weighted by Gasteiger charge is 2.42. The van der Waals surface area contributed by atoms with Crippen molar-refractivity contribution in [3.8, 4) is 5.75 Å². The Kier molecular flexibility index (Phi) is 9.15. The Morgan fingerprint density at radius 2 is 1.88 bits per heavy atom. The van der Waals surface area contributed by atoms with Crippen molar-refractivity contribution < 1.29 is 36.2 Å². The minimum Gasteiger partial charge on any atom is -0.487 e. The fraction of sp³-hybridized carbons (Fsp3) is 0.280. The van der Waals surface area contributed by atoms with Gasteiger partial charge in [-0.15, -0.1) is 0 Å². The summed E-state index contributed by atoms with van der Waals surface area (Å²) < 4.78 is 89.6. The lowest BCUT2D eigenvalue weighted by Crippen LogP contribution is -2.41. The van der Waals surface area contributed by atoms with E-state index in [1.54, 1.807) is 19.1 Å². The maximum absolute atomic E-state index is 14.7. The Bertz CT molecular complexity index is 1440. The summed E-state index contributed by atoms with van der Waals surface area (Å²) in [6.45, 7) is 0.0695. The third kappa shape index (κ3) is 7.20. The van der Waals surface area contributed by atoms with Crippen LogP contribution in [0.15, 0.2) is 59.5 Å². The van der Waals surface area contributed by atoms with E-state index in [2.05, 4.69) is 19.4 Å². The monoisotopic (exact) mass is 601 g/mol. The van der Waals surface area contributed by atoms with Gasteiger partial charge in [0.05, 0.1) is 6.54 Å². The molecular weight excluding hydrogens is 580 g/mol. The summed E-state index contributed by atoms with van der Waals surface area (Å²) in [5, 5.41) is 14.9. The summed E-state index contributed by atoms with van der Waals surface area (Å²) >= 11 is 2.19. The molecule has 2 aromatic heterocycles. The van der Waals surface area contributed by atoms with Gasteiger partial charge in [0.1, 0.15) is 35.6 Å². The van der Waals surface area contributed by atoms with Gasteiger partial charge in [-0.1, -0.05) is 36.0 Å². The van der Waals surface area contributed by atoms with Crippen molar-refractivity contribution in [2.24, 2.45) is 0 Å². The largest absolute Gasteiger partial charge is 0.487 e. The van der Waals surface area contributed by atoms with E-state index in [0.29, 0.717) is 21.8 Å². The first-order valence-electron chi connectivity index (χ1n) is 11.5. The predicted molar refractivity (Wildman–Crippen MR) is 137 cm³/mol. The Labute approximate surface area is 232 Å². The molecule has 0 bridgehead atoms. The van der Waals surface area contributed by atoms with Crippen LogP contribution in [-0.4, -0.2) is 53.4 Å². The summed E-state index contributed by atoms with van der Waals surface area (Å²) in [5.74, 6) is -5.59. The lowest BCUT2D eigenvalue weighted by Gasteiger charge is -2.33. The summed E-state index contributed by atoms with van der Waals surface area (Å²) in [4.78, 5) is 8.25. The number of hydrogen-bond acceptors (Lipinski definition) is 8. The third-order valence-electron chi connectivity index (χ3n) is 5.70. The van der Waals surface area contributed by atoms with Crippen LogP contribution in [0.1, 0.15) is 23.9 Å². The highest BCUT2D eigenvalue weighted by molar-refractivity contribution is 8.01. The predicted octanol–water partition coefficient (Wildman–Crippen LogP) is 5.93. The molecule has 0 saturated carbocycles. The Balaban J connectivity index is 1.43. The van der Waals surface area contributed by atoms with E-state index in [-0.39, 0.29) is 17.9 Å². The van der Waals surface area contributed by atoms with Gasteiger partial charge in [0, 0.05) is 16.9 Å². The SMILES string of the molecule is CC(Sc1nc(/C=C/c2ccc(OCC(F)(F)C(F)F)cc2)ns1)C(O)(Cn1cncn1)c1ccc(F)cc1F. The number of hydrogen-bond donors (Lipinski definition) is 1. The second kappa shape index (κ2) is 12.4. The van der Waals surface area contributed by atoms with Crippen molar-refractivity contribution in [3.63, 3.8) is 0 Å². The Hall–Kier alpha value is -3.43. The molecule has 0 saturated heterocycles. The zero-order valence-corrected chi connectivity index (χ0v) is 22.2. The molecule has 0 spiro atoms. The van der Waals surface area contributed by atoms with E-state index < -0.39 is 41.4 Å². The number of aromatic nitrogens is 5. The molecule has 2 unspecified atom stereocenters. The van der Waals surface area contributed by atoms with Crippen molar-refractivity contribution in [1.82, 2.24) is 24.1 Å². The van der Waals surface area contributed by atoms with Gasteiger partial charge in [0.2, 0.25) is 0 Å². The average Bonchev–Trinajstić information content (AvgIpc) is 3.58. The van der Waals surface area contributed by atoms with Gasteiger partial charge in [0.25, 0.3) is 0 Å². The Morgan fingerprint density at radius 1 is 1.12 bits per heavy atom. The zero-order valence-electron chi connectivity index (χ0n) is 20.6. The maximum Gasteiger partial charge on any atom is 0.340 e. The maximum atomic E-state index is 14.7. The van der Waals surface area contributed by atoms with E-state index in [9.17, 15) is 31.4 Å². The summed E-state index contributed by atoms with van der Waals surface area (Å²) in [7, 11) is 0. The van der Waals surface area contributed by atoms with Crippen LogP contribution in [0.3, 0.4) is 0 Å². The molecule has 0 aliphatic rings. The van der Waals surface area contributed by atoms with Gasteiger partial charge in [-0.3, -0.25) is 0 Å². The molecule has 2 heterocycles. The fourth-order valence-corrected chi connectivity index (χ4v) is 5.48. The number of ether oxygens (including phenoxy) is 1. The highest BCUT2D eigenvalue weighted by Crippen LogP contribution is 2.39. The van der Waals surface area contributed by atoms with E-state index >= 15 is 0 Å². The van der Waals surface area contributed by atoms with Crippen LogP contribution in [-0.2, 0) is 12.1 Å². The van der Waals surface area contributed by atoms with Crippen molar-refractivity contribution in [1.29, 1.82) is 0 Å². The van der Waals surface area contributed by atoms with Gasteiger partial charge < -0.3 is 9.84 Å². The molecule has 0 fully saturated rings. The molecule has 0 amide bonds. The number of thioether (sulfide) groups is 1. The summed E-state index contributed by atoms with van der Waals surface area (Å²) in [6.07, 6.45) is 2.06. The van der Waals surface area contributed by atoms with Crippen molar-refractivity contribution >= 4 is 35.4 Å². The molecule has 212 valence electrons. The van der Waals surface area contributed by atoms with Crippen LogP contribution in [0, 0.1) is 11.6 Å². The zero-order chi connectivity index (χ0) is 28.9. The van der Waals surface area contributed by atoms with Crippen molar-refractivity contribution in [2.45, 2.75) is 41.0 Å². The smallest absolute Gasteiger partial charge is 0.340 e. The van der Waals surface area contributed by atoms with E-state index in [0.717, 1.165) is 29.4 Å². The number of aliphatic hydroxyl groups is 1. The standard InChI is InChI=1S/C25H21F6N5O2S2/c1-15(24(37,11-36-14-32-13-33-36)19-8-5-17(26)10-20(19)27)39-23-34-21(35-40-23)9-4-16-2-6-18(7-3-16)38-12-25(30,31)22(28)29/h2-10,13-15,22,37H,11-12H2,1H3/b9-4+. The van der Waals surface area contributed by atoms with Gasteiger partial charge in [0.15, 0.2) is 16.8 Å². The number of halogens is 6. The van der Waals surface area contributed by atoms with E-state index in [1.165, 1.54) is 47.7 Å². The molecule has 2 atom stereocenters. The number of alkyl halides is 4. The van der Waals surface area contributed by atoms with Crippen LogP contribution in [0.4, 0.5) is 26.3 Å². The van der Waals surface area contributed by atoms with Crippen LogP contribution >= 0.6 is 23.3 Å². The Morgan fingerprint density at radius 3 is 2.52 bits per heavy atom. The topological polar surface area (TPSA) is 86.0 Å². The number of rotatable bonds is 12. The first kappa shape index (κ1) is 29.6. The molecule has 40 heavy (non-hydrogen) atoms. The van der Waals surface area contributed by atoms with E-state index in [1.807, 2.05) is 0 Å². The third-order valence-corrected chi connectivity index (χ3v) is 7.77. The molecule has 1 N–H and O–H groups in total. The van der Waals surface area contributed by atoms with Gasteiger partial charge in [-0.25, -0.2) is 32.2 Å². The van der Waals surface area contributed by atoms with Crippen LogP contribution in [0.5, 0.6) is 5.75 Å². The van der Waals surface area contributed by atoms with E-state index in [4.69, 9.17) is 4.74 Å². The highest BCUT2D eigenvalue weighted by atomic mass is 32.2. The van der Waals surface area contributed by atoms with Gasteiger partial charge >= 0.3 is 12.3 Å². The molecule has 4 aromatic rings. The second-order valence-electron chi connectivity index (χ2n) is 8.57. The van der Waals surface area contributed by atoms with Crippen LogP contribution in [0.2, 0.25) is 0 Å². The van der Waals surface area contributed by atoms with Gasteiger partial charge in [-0.2, -0.15) is 18.3 Å². The van der Waals surface area contributed by atoms with Crippen LogP contribution in [0.25, 0.3) is 12.2 Å². The quantitative estimate of drug-likeness (QED) is 0.159. The molecule has 0 radical (unpaired) electrons. The number of benzene rings is 2. The van der Waals surface area contributed by atoms with Gasteiger partial charge in [-0.05, 0) is 48.3 Å². The summed E-state index contributed by atoms with van der Waals surface area (Å²) in [5.41, 5.74) is -1.29. The lowest BCUT2D eigenvalue weighted by molar-refractivity contribution is -0.148.